The fourth-order valence-electron chi connectivity index (χ4n) is 2.93. The second-order valence-electron chi connectivity index (χ2n) is 6.17. The molecule has 0 bridgehead atoms. The Bertz CT molecular complexity index is 792. The Kier molecular flexibility index (Phi) is 5.82. The van der Waals surface area contributed by atoms with E-state index in [2.05, 4.69) is 15.3 Å². The van der Waals surface area contributed by atoms with Crippen molar-refractivity contribution in [2.45, 2.75) is 26.7 Å². The number of thiazole rings is 1. The molecule has 1 fully saturated rings. The first-order valence-electron chi connectivity index (χ1n) is 8.69. The number of anilines is 2. The number of ether oxygens (including phenoxy) is 1. The highest BCUT2D eigenvalue weighted by Gasteiger charge is 2.30. The van der Waals surface area contributed by atoms with Crippen LogP contribution in [0.15, 0.2) is 23.6 Å². The van der Waals surface area contributed by atoms with E-state index >= 15 is 0 Å². The lowest BCUT2D eigenvalue weighted by molar-refractivity contribution is -0.149. The van der Waals surface area contributed by atoms with Gasteiger partial charge in [0.05, 0.1) is 12.5 Å². The third kappa shape index (κ3) is 4.37. The highest BCUT2D eigenvalue weighted by atomic mass is 32.1. The molecular formula is C18H22N4O3S. The average molecular weight is 374 g/mol. The van der Waals surface area contributed by atoms with E-state index in [-0.39, 0.29) is 17.8 Å². The van der Waals surface area contributed by atoms with Crippen LogP contribution < -0.4 is 5.32 Å². The molecule has 0 aliphatic carbocycles. The van der Waals surface area contributed by atoms with Gasteiger partial charge in [0.2, 0.25) is 0 Å². The van der Waals surface area contributed by atoms with Gasteiger partial charge in [-0.3, -0.25) is 9.59 Å². The van der Waals surface area contributed by atoms with Crippen LogP contribution in [0.4, 0.5) is 10.9 Å². The molecule has 1 saturated heterocycles. The van der Waals surface area contributed by atoms with Crippen molar-refractivity contribution in [3.05, 3.63) is 35.0 Å². The van der Waals surface area contributed by atoms with Crippen LogP contribution >= 0.6 is 11.3 Å². The minimum Gasteiger partial charge on any atom is -0.466 e. The van der Waals surface area contributed by atoms with E-state index in [1.54, 1.807) is 17.2 Å². The van der Waals surface area contributed by atoms with Gasteiger partial charge in [-0.2, -0.15) is 0 Å². The molecule has 8 heteroatoms. The first kappa shape index (κ1) is 18.3. The van der Waals surface area contributed by atoms with Gasteiger partial charge >= 0.3 is 5.97 Å². The van der Waals surface area contributed by atoms with Crippen LogP contribution in [-0.2, 0) is 9.53 Å². The first-order valence-corrected chi connectivity index (χ1v) is 9.57. The number of pyridine rings is 1. The van der Waals surface area contributed by atoms with E-state index in [4.69, 9.17) is 4.74 Å². The number of carbonyl (C=O) groups is 2. The van der Waals surface area contributed by atoms with Gasteiger partial charge in [-0.25, -0.2) is 9.97 Å². The summed E-state index contributed by atoms with van der Waals surface area (Å²) in [6.45, 7) is 5.08. The molecule has 26 heavy (non-hydrogen) atoms. The van der Waals surface area contributed by atoms with Gasteiger partial charge in [-0.05, 0) is 38.8 Å². The normalized spacial score (nSPS) is 17.0. The summed E-state index contributed by atoms with van der Waals surface area (Å²) in [5.41, 5.74) is 1.29. The third-order valence-electron chi connectivity index (χ3n) is 4.18. The summed E-state index contributed by atoms with van der Waals surface area (Å²) >= 11 is 1.36. The Labute approximate surface area is 156 Å². The van der Waals surface area contributed by atoms with Crippen LogP contribution in [0.2, 0.25) is 0 Å². The zero-order chi connectivity index (χ0) is 18.5. The zero-order valence-electron chi connectivity index (χ0n) is 14.9. The molecule has 3 rings (SSSR count). The van der Waals surface area contributed by atoms with E-state index in [0.29, 0.717) is 36.3 Å². The Balaban J connectivity index is 1.65. The zero-order valence-corrected chi connectivity index (χ0v) is 15.7. The van der Waals surface area contributed by atoms with Crippen molar-refractivity contribution in [2.75, 3.05) is 25.0 Å². The predicted octanol–water partition coefficient (Wildman–Crippen LogP) is 3.01. The molecule has 1 N–H and O–H groups in total. The molecule has 3 heterocycles. The molecular weight excluding hydrogens is 352 g/mol. The standard InChI is InChI=1S/C18H22N4O3S/c1-3-25-17(24)13-7-5-9-22(10-13)16(23)14-11-26-18(20-14)21-15-8-4-6-12(2)19-15/h4,6,8,11,13H,3,5,7,9-10H2,1-2H3,(H,19,20,21). The Hall–Kier alpha value is -2.48. The quantitative estimate of drug-likeness (QED) is 0.810. The number of piperidine rings is 1. The van der Waals surface area contributed by atoms with E-state index in [1.807, 2.05) is 25.1 Å². The van der Waals surface area contributed by atoms with E-state index in [9.17, 15) is 9.59 Å². The molecule has 138 valence electrons. The Morgan fingerprint density at radius 2 is 2.23 bits per heavy atom. The number of hydrogen-bond acceptors (Lipinski definition) is 7. The summed E-state index contributed by atoms with van der Waals surface area (Å²) in [6.07, 6.45) is 1.54. The number of aromatic nitrogens is 2. The van der Waals surface area contributed by atoms with Gasteiger partial charge in [0.15, 0.2) is 5.13 Å². The fourth-order valence-corrected chi connectivity index (χ4v) is 3.62. The summed E-state index contributed by atoms with van der Waals surface area (Å²) < 4.78 is 5.09. The number of rotatable bonds is 5. The molecule has 1 aliphatic heterocycles. The van der Waals surface area contributed by atoms with E-state index in [1.165, 1.54) is 11.3 Å². The van der Waals surface area contributed by atoms with Crippen molar-refractivity contribution < 1.29 is 14.3 Å². The number of aryl methyl sites for hydroxylation is 1. The number of carbonyl (C=O) groups excluding carboxylic acids is 2. The molecule has 2 aromatic rings. The highest BCUT2D eigenvalue weighted by molar-refractivity contribution is 7.14. The first-order chi connectivity index (χ1) is 12.6. The minimum absolute atomic E-state index is 0.152. The summed E-state index contributed by atoms with van der Waals surface area (Å²) in [7, 11) is 0. The van der Waals surface area contributed by atoms with Crippen LogP contribution in [-0.4, -0.2) is 46.4 Å². The number of nitrogens with one attached hydrogen (secondary N) is 1. The van der Waals surface area contributed by atoms with Crippen LogP contribution in [0, 0.1) is 12.8 Å². The lowest BCUT2D eigenvalue weighted by Crippen LogP contribution is -2.42. The maximum atomic E-state index is 12.7. The second-order valence-corrected chi connectivity index (χ2v) is 7.03. The number of esters is 1. The predicted molar refractivity (Wildman–Crippen MR) is 99.6 cm³/mol. The molecule has 0 saturated carbocycles. The maximum Gasteiger partial charge on any atom is 0.310 e. The molecule has 1 atom stereocenters. The van der Waals surface area contributed by atoms with E-state index < -0.39 is 0 Å². The van der Waals surface area contributed by atoms with Crippen molar-refractivity contribution in [3.8, 4) is 0 Å². The molecule has 7 nitrogen and oxygen atoms in total. The van der Waals surface area contributed by atoms with Gasteiger partial charge in [0.25, 0.3) is 5.91 Å². The van der Waals surface area contributed by atoms with Crippen molar-refractivity contribution in [3.63, 3.8) is 0 Å². The van der Waals surface area contributed by atoms with Gasteiger partial charge in [-0.1, -0.05) is 6.07 Å². The summed E-state index contributed by atoms with van der Waals surface area (Å²) in [5.74, 6) is 0.0655. The molecule has 2 aromatic heterocycles. The van der Waals surface area contributed by atoms with Crippen molar-refractivity contribution in [2.24, 2.45) is 5.92 Å². The van der Waals surface area contributed by atoms with Gasteiger partial charge in [0.1, 0.15) is 11.5 Å². The maximum absolute atomic E-state index is 12.7. The highest BCUT2D eigenvalue weighted by Crippen LogP contribution is 2.23. The molecule has 0 radical (unpaired) electrons. The summed E-state index contributed by atoms with van der Waals surface area (Å²) in [4.78, 5) is 35.1. The molecule has 1 unspecified atom stereocenters. The lowest BCUT2D eigenvalue weighted by atomic mass is 9.98. The average Bonchev–Trinajstić information content (AvgIpc) is 3.10. The Morgan fingerprint density at radius 3 is 3.00 bits per heavy atom. The molecule has 0 spiro atoms. The lowest BCUT2D eigenvalue weighted by Gasteiger charge is -2.31. The van der Waals surface area contributed by atoms with Crippen molar-refractivity contribution in [1.82, 2.24) is 14.9 Å². The summed E-state index contributed by atoms with van der Waals surface area (Å²) in [6, 6.07) is 5.68. The van der Waals surface area contributed by atoms with Crippen LogP contribution in [0.5, 0.6) is 0 Å². The summed E-state index contributed by atoms with van der Waals surface area (Å²) in [5, 5.41) is 5.46. The SMILES string of the molecule is CCOC(=O)C1CCCN(C(=O)c2csc(Nc3cccc(C)n3)n2)C1. The molecule has 0 aromatic carbocycles. The van der Waals surface area contributed by atoms with Gasteiger partial charge in [-0.15, -0.1) is 11.3 Å². The van der Waals surface area contributed by atoms with Gasteiger partial charge < -0.3 is 15.0 Å². The van der Waals surface area contributed by atoms with Crippen LogP contribution in [0.1, 0.15) is 35.9 Å². The second kappa shape index (κ2) is 8.27. The largest absolute Gasteiger partial charge is 0.466 e. The number of hydrogen-bond donors (Lipinski definition) is 1. The Morgan fingerprint density at radius 1 is 1.38 bits per heavy atom. The number of amides is 1. The minimum atomic E-state index is -0.250. The van der Waals surface area contributed by atoms with Gasteiger partial charge in [0, 0.05) is 24.2 Å². The van der Waals surface area contributed by atoms with Crippen molar-refractivity contribution in [1.29, 1.82) is 0 Å². The third-order valence-corrected chi connectivity index (χ3v) is 4.93. The number of likely N-dealkylation sites (tertiary alicyclic amines) is 1. The monoisotopic (exact) mass is 374 g/mol. The topological polar surface area (TPSA) is 84.4 Å². The fraction of sp³-hybridized carbons (Fsp3) is 0.444. The molecule has 1 amide bonds. The van der Waals surface area contributed by atoms with Crippen LogP contribution in [0.3, 0.4) is 0 Å². The van der Waals surface area contributed by atoms with Crippen molar-refractivity contribution >= 4 is 34.2 Å². The van der Waals surface area contributed by atoms with Crippen LogP contribution in [0.25, 0.3) is 0 Å². The molecule has 1 aliphatic rings. The number of nitrogens with zero attached hydrogens (tertiary/aromatic N) is 3. The van der Waals surface area contributed by atoms with E-state index in [0.717, 1.165) is 18.5 Å². The smallest absolute Gasteiger partial charge is 0.310 e.